The van der Waals surface area contributed by atoms with Crippen LogP contribution in [0.2, 0.25) is 0 Å². The van der Waals surface area contributed by atoms with Crippen molar-refractivity contribution in [3.63, 3.8) is 0 Å². The van der Waals surface area contributed by atoms with Crippen LogP contribution < -0.4 is 4.74 Å². The third kappa shape index (κ3) is 5.47. The standard InChI is InChI=1S/C14H17F2NO3.ClH/c15-14(16)20-12-3-1-2-10(8-12)9-17-6-4-11(5-7-17)13(18)19;/h1-3,8,11,14H,4-7,9H2,(H,18,19);1H. The van der Waals surface area contributed by atoms with Gasteiger partial charge in [-0.2, -0.15) is 8.78 Å². The molecule has 0 atom stereocenters. The van der Waals surface area contributed by atoms with Crippen molar-refractivity contribution in [1.82, 2.24) is 4.90 Å². The number of halogens is 3. The van der Waals surface area contributed by atoms with Crippen LogP contribution in [0.15, 0.2) is 24.3 Å². The van der Waals surface area contributed by atoms with Gasteiger partial charge in [0.2, 0.25) is 0 Å². The molecule has 1 aromatic carbocycles. The molecule has 1 aliphatic rings. The summed E-state index contributed by atoms with van der Waals surface area (Å²) in [5.74, 6) is -0.852. The number of hydrogen-bond donors (Lipinski definition) is 1. The van der Waals surface area contributed by atoms with Gasteiger partial charge >= 0.3 is 12.6 Å². The number of carboxylic acid groups (broad SMARTS) is 1. The number of likely N-dealkylation sites (tertiary alicyclic amines) is 1. The zero-order valence-corrected chi connectivity index (χ0v) is 12.2. The molecule has 0 radical (unpaired) electrons. The number of ether oxygens (including phenoxy) is 1. The summed E-state index contributed by atoms with van der Waals surface area (Å²) in [6, 6.07) is 6.61. The maximum absolute atomic E-state index is 12.1. The van der Waals surface area contributed by atoms with Crippen LogP contribution in [0.4, 0.5) is 8.78 Å². The Balaban J connectivity index is 0.00000220. The van der Waals surface area contributed by atoms with Crippen LogP contribution in [0, 0.1) is 5.92 Å². The van der Waals surface area contributed by atoms with Crippen LogP contribution in [0.5, 0.6) is 5.75 Å². The molecule has 1 aromatic rings. The van der Waals surface area contributed by atoms with E-state index in [4.69, 9.17) is 5.11 Å². The van der Waals surface area contributed by atoms with Gasteiger partial charge in [0, 0.05) is 6.54 Å². The fourth-order valence-corrected chi connectivity index (χ4v) is 2.42. The maximum atomic E-state index is 12.1. The third-order valence-electron chi connectivity index (χ3n) is 3.47. The molecule has 4 nitrogen and oxygen atoms in total. The minimum Gasteiger partial charge on any atom is -0.481 e. The zero-order chi connectivity index (χ0) is 14.5. The number of rotatable bonds is 5. The smallest absolute Gasteiger partial charge is 0.387 e. The molecule has 0 saturated carbocycles. The van der Waals surface area contributed by atoms with Crippen molar-refractivity contribution in [2.24, 2.45) is 5.92 Å². The summed E-state index contributed by atoms with van der Waals surface area (Å²) in [4.78, 5) is 13.0. The van der Waals surface area contributed by atoms with Crippen LogP contribution in [0.1, 0.15) is 18.4 Å². The van der Waals surface area contributed by atoms with Crippen LogP contribution >= 0.6 is 12.4 Å². The number of alkyl halides is 2. The van der Waals surface area contributed by atoms with Crippen molar-refractivity contribution in [1.29, 1.82) is 0 Å². The second kappa shape index (κ2) is 8.14. The molecule has 0 spiro atoms. The van der Waals surface area contributed by atoms with E-state index in [1.54, 1.807) is 12.1 Å². The lowest BCUT2D eigenvalue weighted by Gasteiger charge is -2.30. The molecule has 0 aromatic heterocycles. The van der Waals surface area contributed by atoms with Gasteiger partial charge in [0.1, 0.15) is 5.75 Å². The van der Waals surface area contributed by atoms with Crippen LogP contribution in [-0.2, 0) is 11.3 Å². The molecule has 21 heavy (non-hydrogen) atoms. The summed E-state index contributed by atoms with van der Waals surface area (Å²) >= 11 is 0. The van der Waals surface area contributed by atoms with E-state index in [1.807, 2.05) is 6.07 Å². The molecule has 1 heterocycles. The first-order chi connectivity index (χ1) is 9.54. The number of carboxylic acids is 1. The Morgan fingerprint density at radius 2 is 2.05 bits per heavy atom. The fourth-order valence-electron chi connectivity index (χ4n) is 2.42. The summed E-state index contributed by atoms with van der Waals surface area (Å²) < 4.78 is 28.6. The Morgan fingerprint density at radius 1 is 1.38 bits per heavy atom. The van der Waals surface area contributed by atoms with Gasteiger partial charge in [-0.15, -0.1) is 12.4 Å². The van der Waals surface area contributed by atoms with Gasteiger partial charge in [-0.3, -0.25) is 9.69 Å². The molecular weight excluding hydrogens is 304 g/mol. The van der Waals surface area contributed by atoms with Crippen molar-refractivity contribution in [2.45, 2.75) is 26.0 Å². The van der Waals surface area contributed by atoms with Gasteiger partial charge in [0.15, 0.2) is 0 Å². The minimum absolute atomic E-state index is 0. The van der Waals surface area contributed by atoms with E-state index in [0.29, 0.717) is 32.5 Å². The summed E-state index contributed by atoms with van der Waals surface area (Å²) in [5.41, 5.74) is 0.886. The highest BCUT2D eigenvalue weighted by atomic mass is 35.5. The average Bonchev–Trinajstić information content (AvgIpc) is 2.39. The monoisotopic (exact) mass is 321 g/mol. The highest BCUT2D eigenvalue weighted by molar-refractivity contribution is 5.85. The van der Waals surface area contributed by atoms with Crippen LogP contribution in [0.25, 0.3) is 0 Å². The van der Waals surface area contributed by atoms with E-state index in [2.05, 4.69) is 9.64 Å². The van der Waals surface area contributed by atoms with E-state index in [0.717, 1.165) is 5.56 Å². The van der Waals surface area contributed by atoms with E-state index < -0.39 is 12.6 Å². The number of benzene rings is 1. The number of carbonyl (C=O) groups is 1. The Kier molecular flexibility index (Phi) is 6.84. The summed E-state index contributed by atoms with van der Waals surface area (Å²) in [6.07, 6.45) is 1.26. The van der Waals surface area contributed by atoms with Crippen molar-refractivity contribution in [3.8, 4) is 5.75 Å². The number of nitrogens with zero attached hydrogens (tertiary/aromatic N) is 1. The summed E-state index contributed by atoms with van der Waals surface area (Å²) in [5, 5.41) is 8.93. The first-order valence-electron chi connectivity index (χ1n) is 6.53. The quantitative estimate of drug-likeness (QED) is 0.905. The average molecular weight is 322 g/mol. The maximum Gasteiger partial charge on any atom is 0.387 e. The molecular formula is C14H18ClF2NO3. The number of aliphatic carboxylic acids is 1. The molecule has 0 unspecified atom stereocenters. The highest BCUT2D eigenvalue weighted by Gasteiger charge is 2.24. The van der Waals surface area contributed by atoms with Crippen LogP contribution in [-0.4, -0.2) is 35.7 Å². The molecule has 0 amide bonds. The van der Waals surface area contributed by atoms with Gasteiger partial charge < -0.3 is 9.84 Å². The van der Waals surface area contributed by atoms with Crippen molar-refractivity contribution in [2.75, 3.05) is 13.1 Å². The summed E-state index contributed by atoms with van der Waals surface area (Å²) in [6.45, 7) is -0.794. The molecule has 7 heteroatoms. The Morgan fingerprint density at radius 3 is 2.62 bits per heavy atom. The SMILES string of the molecule is Cl.O=C(O)C1CCN(Cc2cccc(OC(F)F)c2)CC1. The van der Waals surface area contributed by atoms with Gasteiger partial charge in [-0.1, -0.05) is 12.1 Å². The second-order valence-electron chi connectivity index (χ2n) is 4.91. The normalized spacial score (nSPS) is 16.5. The largest absolute Gasteiger partial charge is 0.481 e. The molecule has 0 bridgehead atoms. The lowest BCUT2D eigenvalue weighted by Crippen LogP contribution is -2.35. The van der Waals surface area contributed by atoms with Gasteiger partial charge in [-0.05, 0) is 43.6 Å². The molecule has 1 aliphatic heterocycles. The predicted molar refractivity (Wildman–Crippen MR) is 76.0 cm³/mol. The van der Waals surface area contributed by atoms with Gasteiger partial charge in [-0.25, -0.2) is 0 Å². The lowest BCUT2D eigenvalue weighted by molar-refractivity contribution is -0.143. The van der Waals surface area contributed by atoms with E-state index >= 15 is 0 Å². The number of hydrogen-bond acceptors (Lipinski definition) is 3. The van der Waals surface area contributed by atoms with Crippen molar-refractivity contribution < 1.29 is 23.4 Å². The zero-order valence-electron chi connectivity index (χ0n) is 11.4. The van der Waals surface area contributed by atoms with E-state index in [9.17, 15) is 13.6 Å². The van der Waals surface area contributed by atoms with Crippen molar-refractivity contribution >= 4 is 18.4 Å². The molecule has 1 saturated heterocycles. The molecule has 2 rings (SSSR count). The molecule has 1 fully saturated rings. The molecule has 1 N–H and O–H groups in total. The van der Waals surface area contributed by atoms with E-state index in [1.165, 1.54) is 6.07 Å². The first-order valence-corrected chi connectivity index (χ1v) is 6.53. The minimum atomic E-state index is -2.82. The third-order valence-corrected chi connectivity index (χ3v) is 3.47. The number of piperidine rings is 1. The Bertz CT molecular complexity index is 465. The first kappa shape index (κ1) is 17.7. The van der Waals surface area contributed by atoms with Gasteiger partial charge in [0.25, 0.3) is 0 Å². The highest BCUT2D eigenvalue weighted by Crippen LogP contribution is 2.21. The molecule has 0 aliphatic carbocycles. The second-order valence-corrected chi connectivity index (χ2v) is 4.91. The summed E-state index contributed by atoms with van der Waals surface area (Å²) in [7, 11) is 0. The van der Waals surface area contributed by atoms with E-state index in [-0.39, 0.29) is 24.1 Å². The van der Waals surface area contributed by atoms with Crippen LogP contribution in [0.3, 0.4) is 0 Å². The van der Waals surface area contributed by atoms with Crippen molar-refractivity contribution in [3.05, 3.63) is 29.8 Å². The Labute approximate surface area is 128 Å². The fraction of sp³-hybridized carbons (Fsp3) is 0.500. The Hall–Kier alpha value is -1.40. The lowest BCUT2D eigenvalue weighted by atomic mass is 9.97. The molecule has 118 valence electrons. The topological polar surface area (TPSA) is 49.8 Å². The van der Waals surface area contributed by atoms with Gasteiger partial charge in [0.05, 0.1) is 5.92 Å². The predicted octanol–water partition coefficient (Wildman–Crippen LogP) is 3.01.